The summed E-state index contributed by atoms with van der Waals surface area (Å²) in [5, 5.41) is 17.7. The van der Waals surface area contributed by atoms with Gasteiger partial charge in [0, 0.05) is 30.6 Å². The van der Waals surface area contributed by atoms with Gasteiger partial charge in [0.2, 0.25) is 0 Å². The van der Waals surface area contributed by atoms with E-state index in [1.807, 2.05) is 17.5 Å². The Morgan fingerprint density at radius 3 is 2.96 bits per heavy atom. The first-order valence-electron chi connectivity index (χ1n) is 8.69. The molecule has 6 heteroatoms. The molecular weight excluding hydrogens is 310 g/mol. The largest absolute Gasteiger partial charge is 0.386 e. The van der Waals surface area contributed by atoms with Crippen LogP contribution in [0.25, 0.3) is 0 Å². The van der Waals surface area contributed by atoms with Gasteiger partial charge in [-0.3, -0.25) is 0 Å². The van der Waals surface area contributed by atoms with Crippen LogP contribution in [0.1, 0.15) is 43.1 Å². The molecule has 3 N–H and O–H groups in total. The fourth-order valence-electron chi connectivity index (χ4n) is 3.68. The lowest BCUT2D eigenvalue weighted by atomic mass is 10.1. The summed E-state index contributed by atoms with van der Waals surface area (Å²) in [6.07, 6.45) is 5.91. The van der Waals surface area contributed by atoms with Crippen LogP contribution in [0.2, 0.25) is 0 Å². The Labute approximate surface area is 142 Å². The van der Waals surface area contributed by atoms with Crippen LogP contribution in [0.4, 0.5) is 4.79 Å². The van der Waals surface area contributed by atoms with Gasteiger partial charge in [0.25, 0.3) is 0 Å². The van der Waals surface area contributed by atoms with E-state index in [1.165, 1.54) is 43.6 Å². The summed E-state index contributed by atoms with van der Waals surface area (Å²) in [4.78, 5) is 15.3. The molecule has 0 spiro atoms. The van der Waals surface area contributed by atoms with Crippen molar-refractivity contribution in [2.75, 3.05) is 26.2 Å². The molecule has 5 nitrogen and oxygen atoms in total. The van der Waals surface area contributed by atoms with Gasteiger partial charge in [-0.1, -0.05) is 18.9 Å². The lowest BCUT2D eigenvalue weighted by Gasteiger charge is -2.20. The van der Waals surface area contributed by atoms with Crippen molar-refractivity contribution in [1.82, 2.24) is 15.5 Å². The van der Waals surface area contributed by atoms with E-state index < -0.39 is 6.10 Å². The van der Waals surface area contributed by atoms with E-state index in [2.05, 4.69) is 15.5 Å². The van der Waals surface area contributed by atoms with E-state index in [1.54, 1.807) is 0 Å². The summed E-state index contributed by atoms with van der Waals surface area (Å²) in [5.74, 6) is 0.864. The third-order valence-corrected chi connectivity index (χ3v) is 5.90. The van der Waals surface area contributed by atoms with E-state index in [-0.39, 0.29) is 18.6 Å². The minimum absolute atomic E-state index is 0.173. The molecule has 0 unspecified atom stereocenters. The van der Waals surface area contributed by atoms with Crippen LogP contribution in [0.5, 0.6) is 0 Å². The minimum Gasteiger partial charge on any atom is -0.386 e. The number of amides is 2. The average molecular weight is 337 g/mol. The fourth-order valence-corrected chi connectivity index (χ4v) is 4.39. The zero-order valence-corrected chi connectivity index (χ0v) is 14.4. The summed E-state index contributed by atoms with van der Waals surface area (Å²) in [6, 6.07) is 3.84. The molecule has 0 radical (unpaired) electrons. The quantitative estimate of drug-likeness (QED) is 0.746. The first kappa shape index (κ1) is 16.7. The van der Waals surface area contributed by atoms with Crippen LogP contribution < -0.4 is 10.6 Å². The van der Waals surface area contributed by atoms with Crippen molar-refractivity contribution >= 4 is 17.4 Å². The molecular formula is C17H27N3O2S. The monoisotopic (exact) mass is 337 g/mol. The number of urea groups is 1. The maximum Gasteiger partial charge on any atom is 0.315 e. The predicted octanol–water partition coefficient (Wildman–Crippen LogP) is 2.35. The SMILES string of the molecule is O=C(NC[C@H](O)c1cccs1)N[C@@H]1CCN(CC2CCCC2)C1. The molecule has 0 bridgehead atoms. The van der Waals surface area contributed by atoms with Gasteiger partial charge in [0.1, 0.15) is 6.10 Å². The molecule has 3 rings (SSSR count). The fraction of sp³-hybridized carbons (Fsp3) is 0.706. The van der Waals surface area contributed by atoms with E-state index in [0.717, 1.165) is 30.3 Å². The second-order valence-corrected chi connectivity index (χ2v) is 7.76. The van der Waals surface area contributed by atoms with Gasteiger partial charge in [-0.25, -0.2) is 4.79 Å². The van der Waals surface area contributed by atoms with Crippen molar-refractivity contribution < 1.29 is 9.90 Å². The number of rotatable bonds is 6. The third kappa shape index (κ3) is 4.93. The minimum atomic E-state index is -0.622. The predicted molar refractivity (Wildman–Crippen MR) is 92.6 cm³/mol. The van der Waals surface area contributed by atoms with Gasteiger partial charge < -0.3 is 20.6 Å². The summed E-state index contributed by atoms with van der Waals surface area (Å²) in [6.45, 7) is 3.48. The van der Waals surface area contributed by atoms with Crippen LogP contribution in [0.15, 0.2) is 17.5 Å². The molecule has 23 heavy (non-hydrogen) atoms. The molecule has 2 heterocycles. The number of nitrogens with zero attached hydrogens (tertiary/aromatic N) is 1. The van der Waals surface area contributed by atoms with Crippen LogP contribution in [-0.2, 0) is 0 Å². The number of aliphatic hydroxyl groups is 1. The van der Waals surface area contributed by atoms with Crippen LogP contribution in [-0.4, -0.2) is 48.3 Å². The van der Waals surface area contributed by atoms with E-state index in [4.69, 9.17) is 0 Å². The molecule has 1 aromatic rings. The molecule has 1 aliphatic heterocycles. The van der Waals surface area contributed by atoms with Crippen molar-refractivity contribution in [3.05, 3.63) is 22.4 Å². The summed E-state index contributed by atoms with van der Waals surface area (Å²) in [5.41, 5.74) is 0. The number of thiophene rings is 1. The van der Waals surface area contributed by atoms with Gasteiger partial charge in [0.15, 0.2) is 0 Å². The summed E-state index contributed by atoms with van der Waals surface area (Å²) in [7, 11) is 0. The Bertz CT molecular complexity index is 488. The van der Waals surface area contributed by atoms with Crippen molar-refractivity contribution in [3.63, 3.8) is 0 Å². The molecule has 2 aliphatic rings. The third-order valence-electron chi connectivity index (χ3n) is 4.93. The lowest BCUT2D eigenvalue weighted by molar-refractivity contribution is 0.175. The molecule has 0 aromatic carbocycles. The molecule has 1 saturated heterocycles. The number of hydrogen-bond acceptors (Lipinski definition) is 4. The van der Waals surface area contributed by atoms with Crippen LogP contribution in [0.3, 0.4) is 0 Å². The molecule has 128 valence electrons. The van der Waals surface area contributed by atoms with Crippen LogP contribution >= 0.6 is 11.3 Å². The zero-order chi connectivity index (χ0) is 16.1. The summed E-state index contributed by atoms with van der Waals surface area (Å²) >= 11 is 1.50. The van der Waals surface area contributed by atoms with Gasteiger partial charge in [-0.15, -0.1) is 11.3 Å². The number of carbonyl (C=O) groups excluding carboxylic acids is 1. The maximum absolute atomic E-state index is 12.0. The van der Waals surface area contributed by atoms with Gasteiger partial charge in [-0.2, -0.15) is 0 Å². The molecule has 2 amide bonds. The molecule has 2 fully saturated rings. The smallest absolute Gasteiger partial charge is 0.315 e. The molecule has 1 aliphatic carbocycles. The normalized spacial score (nSPS) is 24.0. The Morgan fingerprint density at radius 1 is 1.39 bits per heavy atom. The van der Waals surface area contributed by atoms with Crippen molar-refractivity contribution in [3.8, 4) is 0 Å². The topological polar surface area (TPSA) is 64.6 Å². The molecule has 1 saturated carbocycles. The highest BCUT2D eigenvalue weighted by Gasteiger charge is 2.27. The van der Waals surface area contributed by atoms with Gasteiger partial charge >= 0.3 is 6.03 Å². The number of aliphatic hydroxyl groups excluding tert-OH is 1. The number of carbonyl (C=O) groups is 1. The maximum atomic E-state index is 12.0. The number of nitrogens with one attached hydrogen (secondary N) is 2. The second-order valence-electron chi connectivity index (χ2n) is 6.78. The van der Waals surface area contributed by atoms with Gasteiger partial charge in [0.05, 0.1) is 6.54 Å². The zero-order valence-electron chi connectivity index (χ0n) is 13.5. The molecule has 2 atom stereocenters. The van der Waals surface area contributed by atoms with Crippen molar-refractivity contribution in [2.24, 2.45) is 5.92 Å². The molecule has 1 aromatic heterocycles. The van der Waals surface area contributed by atoms with E-state index >= 15 is 0 Å². The van der Waals surface area contributed by atoms with E-state index in [9.17, 15) is 9.90 Å². The second kappa shape index (κ2) is 8.13. The highest BCUT2D eigenvalue weighted by atomic mass is 32.1. The Morgan fingerprint density at radius 2 is 2.22 bits per heavy atom. The highest BCUT2D eigenvalue weighted by Crippen LogP contribution is 2.26. The van der Waals surface area contributed by atoms with Crippen LogP contribution in [0, 0.1) is 5.92 Å². The number of likely N-dealkylation sites (tertiary alicyclic amines) is 1. The van der Waals surface area contributed by atoms with Crippen molar-refractivity contribution in [1.29, 1.82) is 0 Å². The standard InChI is InChI=1S/C17H27N3O2S/c21-15(16-6-3-9-23-16)10-18-17(22)19-14-7-8-20(12-14)11-13-4-1-2-5-13/h3,6,9,13-15,21H,1-2,4-5,7-8,10-12H2,(H2,18,19,22)/t14-,15+/m1/s1. The van der Waals surface area contributed by atoms with E-state index in [0.29, 0.717) is 0 Å². The lowest BCUT2D eigenvalue weighted by Crippen LogP contribution is -2.44. The first-order chi connectivity index (χ1) is 11.2. The average Bonchev–Trinajstić information content (AvgIpc) is 3.28. The Balaban J connectivity index is 1.34. The Kier molecular flexibility index (Phi) is 5.91. The van der Waals surface area contributed by atoms with Crippen molar-refractivity contribution in [2.45, 2.75) is 44.2 Å². The first-order valence-corrected chi connectivity index (χ1v) is 9.57. The Hall–Kier alpha value is -1.11. The highest BCUT2D eigenvalue weighted by molar-refractivity contribution is 7.10. The number of hydrogen-bond donors (Lipinski definition) is 3. The summed E-state index contributed by atoms with van der Waals surface area (Å²) < 4.78 is 0. The van der Waals surface area contributed by atoms with Gasteiger partial charge in [-0.05, 0) is 36.6 Å².